The third kappa shape index (κ3) is 3.53. The Labute approximate surface area is 85.0 Å². The summed E-state index contributed by atoms with van der Waals surface area (Å²) in [4.78, 5) is 3.62. The monoisotopic (exact) mass is 223 g/mol. The van der Waals surface area contributed by atoms with Crippen molar-refractivity contribution >= 4 is 18.2 Å². The standard InChI is InChI=1S/C7H7F2N3O.ClH/c8-7(9)13-4-1-2-5(6(10)11)12-3-4;/h1-3,7H,(H3,10,11);1H. The first-order valence-corrected chi connectivity index (χ1v) is 3.35. The van der Waals surface area contributed by atoms with Gasteiger partial charge in [0.15, 0.2) is 0 Å². The number of rotatable bonds is 3. The van der Waals surface area contributed by atoms with Gasteiger partial charge in [0.1, 0.15) is 17.3 Å². The van der Waals surface area contributed by atoms with Gasteiger partial charge in [0.05, 0.1) is 6.20 Å². The summed E-state index contributed by atoms with van der Waals surface area (Å²) in [5.41, 5.74) is 5.32. The van der Waals surface area contributed by atoms with E-state index in [1.165, 1.54) is 12.1 Å². The number of hydrogen-bond donors (Lipinski definition) is 2. The van der Waals surface area contributed by atoms with Crippen LogP contribution in [0.2, 0.25) is 0 Å². The van der Waals surface area contributed by atoms with E-state index in [-0.39, 0.29) is 29.7 Å². The van der Waals surface area contributed by atoms with Gasteiger partial charge >= 0.3 is 6.61 Å². The smallest absolute Gasteiger partial charge is 0.387 e. The van der Waals surface area contributed by atoms with Gasteiger partial charge in [0.25, 0.3) is 0 Å². The second kappa shape index (κ2) is 5.33. The molecule has 0 aliphatic heterocycles. The maximum absolute atomic E-state index is 11.7. The molecule has 0 atom stereocenters. The number of amidine groups is 1. The fraction of sp³-hybridized carbons (Fsp3) is 0.143. The third-order valence-corrected chi connectivity index (χ3v) is 1.24. The zero-order chi connectivity index (χ0) is 9.84. The molecule has 0 saturated heterocycles. The number of ether oxygens (including phenoxy) is 1. The Hall–Kier alpha value is -1.43. The van der Waals surface area contributed by atoms with Crippen molar-refractivity contribution in [2.75, 3.05) is 0 Å². The van der Waals surface area contributed by atoms with E-state index in [0.717, 1.165) is 6.20 Å². The predicted molar refractivity (Wildman–Crippen MR) is 49.1 cm³/mol. The van der Waals surface area contributed by atoms with E-state index < -0.39 is 6.61 Å². The summed E-state index contributed by atoms with van der Waals surface area (Å²) in [7, 11) is 0. The van der Waals surface area contributed by atoms with E-state index in [4.69, 9.17) is 11.1 Å². The number of aromatic nitrogens is 1. The molecule has 1 aromatic rings. The Bertz CT molecular complexity index is 304. The number of nitrogens with one attached hydrogen (secondary N) is 1. The number of nitrogens with two attached hydrogens (primary N) is 1. The first-order valence-electron chi connectivity index (χ1n) is 3.35. The van der Waals surface area contributed by atoms with Gasteiger partial charge in [-0.15, -0.1) is 12.4 Å². The number of pyridine rings is 1. The van der Waals surface area contributed by atoms with E-state index in [2.05, 4.69) is 9.72 Å². The Morgan fingerprint density at radius 1 is 1.50 bits per heavy atom. The molecule has 3 N–H and O–H groups in total. The van der Waals surface area contributed by atoms with Crippen LogP contribution < -0.4 is 10.5 Å². The zero-order valence-electron chi connectivity index (χ0n) is 6.91. The normalized spacial score (nSPS) is 9.36. The quantitative estimate of drug-likeness (QED) is 0.601. The van der Waals surface area contributed by atoms with E-state index in [1.807, 2.05) is 0 Å². The van der Waals surface area contributed by atoms with Crippen molar-refractivity contribution in [2.24, 2.45) is 5.73 Å². The molecule has 4 nitrogen and oxygen atoms in total. The molecular weight excluding hydrogens is 216 g/mol. The fourth-order valence-corrected chi connectivity index (χ4v) is 0.712. The average molecular weight is 224 g/mol. The molecule has 0 amide bonds. The maximum Gasteiger partial charge on any atom is 0.387 e. The molecule has 0 unspecified atom stereocenters. The topological polar surface area (TPSA) is 72.0 Å². The summed E-state index contributed by atoms with van der Waals surface area (Å²) in [5.74, 6) is -0.274. The number of halogens is 3. The SMILES string of the molecule is Cl.N=C(N)c1ccc(OC(F)F)cn1. The van der Waals surface area contributed by atoms with Crippen LogP contribution in [0.25, 0.3) is 0 Å². The lowest BCUT2D eigenvalue weighted by molar-refractivity contribution is -0.0500. The molecule has 0 spiro atoms. The molecule has 0 aliphatic rings. The van der Waals surface area contributed by atoms with Crippen LogP contribution in [0.5, 0.6) is 5.75 Å². The van der Waals surface area contributed by atoms with Crippen molar-refractivity contribution in [3.63, 3.8) is 0 Å². The molecule has 1 rings (SSSR count). The van der Waals surface area contributed by atoms with Crippen LogP contribution >= 0.6 is 12.4 Å². The maximum atomic E-state index is 11.7. The van der Waals surface area contributed by atoms with Gasteiger partial charge in [0, 0.05) is 0 Å². The highest BCUT2D eigenvalue weighted by Gasteiger charge is 2.04. The molecule has 1 heterocycles. The number of nitrogen functional groups attached to an aromatic ring is 1. The van der Waals surface area contributed by atoms with Crippen LogP contribution in [-0.2, 0) is 0 Å². The summed E-state index contributed by atoms with van der Waals surface area (Å²) in [6.45, 7) is -2.87. The summed E-state index contributed by atoms with van der Waals surface area (Å²) >= 11 is 0. The number of nitrogens with zero attached hydrogens (tertiary/aromatic N) is 1. The van der Waals surface area contributed by atoms with Crippen LogP contribution in [0.15, 0.2) is 18.3 Å². The van der Waals surface area contributed by atoms with Crippen molar-refractivity contribution < 1.29 is 13.5 Å². The molecule has 7 heteroatoms. The summed E-state index contributed by atoms with van der Waals surface area (Å²) in [5, 5.41) is 6.97. The van der Waals surface area contributed by atoms with Gasteiger partial charge < -0.3 is 10.5 Å². The lowest BCUT2D eigenvalue weighted by Crippen LogP contribution is -2.13. The molecule has 0 bridgehead atoms. The summed E-state index contributed by atoms with van der Waals surface area (Å²) in [6, 6.07) is 2.61. The van der Waals surface area contributed by atoms with Crippen LogP contribution in [0.4, 0.5) is 8.78 Å². The molecule has 0 saturated carbocycles. The molecule has 78 valence electrons. The molecule has 0 fully saturated rings. The van der Waals surface area contributed by atoms with Crippen LogP contribution in [-0.4, -0.2) is 17.4 Å². The van der Waals surface area contributed by atoms with Crippen LogP contribution in [0.3, 0.4) is 0 Å². The minimum absolute atomic E-state index is 0. The Kier molecular flexibility index (Phi) is 4.79. The van der Waals surface area contributed by atoms with Crippen LogP contribution in [0.1, 0.15) is 5.69 Å². The highest BCUT2D eigenvalue weighted by Crippen LogP contribution is 2.11. The minimum Gasteiger partial charge on any atom is -0.433 e. The van der Waals surface area contributed by atoms with Crippen molar-refractivity contribution in [3.8, 4) is 5.75 Å². The first kappa shape index (κ1) is 12.6. The Morgan fingerprint density at radius 3 is 2.50 bits per heavy atom. The Morgan fingerprint density at radius 2 is 2.14 bits per heavy atom. The molecule has 1 aromatic heterocycles. The van der Waals surface area contributed by atoms with Gasteiger partial charge in [-0.05, 0) is 12.1 Å². The largest absolute Gasteiger partial charge is 0.433 e. The van der Waals surface area contributed by atoms with Crippen molar-refractivity contribution in [2.45, 2.75) is 6.61 Å². The minimum atomic E-state index is -2.87. The third-order valence-electron chi connectivity index (χ3n) is 1.24. The van der Waals surface area contributed by atoms with Gasteiger partial charge in [0.2, 0.25) is 0 Å². The summed E-state index contributed by atoms with van der Waals surface area (Å²) < 4.78 is 27.4. The second-order valence-corrected chi connectivity index (χ2v) is 2.17. The van der Waals surface area contributed by atoms with E-state index in [0.29, 0.717) is 0 Å². The summed E-state index contributed by atoms with van der Waals surface area (Å²) in [6.07, 6.45) is 1.09. The van der Waals surface area contributed by atoms with Gasteiger partial charge in [-0.3, -0.25) is 5.41 Å². The number of alkyl halides is 2. The van der Waals surface area contributed by atoms with Crippen molar-refractivity contribution in [1.82, 2.24) is 4.98 Å². The highest BCUT2D eigenvalue weighted by molar-refractivity contribution is 5.92. The molecule has 14 heavy (non-hydrogen) atoms. The number of hydrogen-bond acceptors (Lipinski definition) is 3. The van der Waals surface area contributed by atoms with Gasteiger partial charge in [-0.25, -0.2) is 4.98 Å². The Balaban J connectivity index is 0.00000169. The van der Waals surface area contributed by atoms with E-state index in [1.54, 1.807) is 0 Å². The second-order valence-electron chi connectivity index (χ2n) is 2.17. The van der Waals surface area contributed by atoms with Crippen molar-refractivity contribution in [3.05, 3.63) is 24.0 Å². The highest BCUT2D eigenvalue weighted by atomic mass is 35.5. The predicted octanol–water partition coefficient (Wildman–Crippen LogP) is 1.39. The van der Waals surface area contributed by atoms with Gasteiger partial charge in [-0.1, -0.05) is 0 Å². The molecule has 0 radical (unpaired) electrons. The van der Waals surface area contributed by atoms with Crippen LogP contribution in [0, 0.1) is 5.41 Å². The average Bonchev–Trinajstić information content (AvgIpc) is 2.04. The molecular formula is C7H8ClF2N3O. The van der Waals surface area contributed by atoms with Gasteiger partial charge in [-0.2, -0.15) is 8.78 Å². The molecule has 0 aliphatic carbocycles. The van der Waals surface area contributed by atoms with Crippen molar-refractivity contribution in [1.29, 1.82) is 5.41 Å². The fourth-order valence-electron chi connectivity index (χ4n) is 0.712. The lowest BCUT2D eigenvalue weighted by atomic mass is 10.3. The van der Waals surface area contributed by atoms with E-state index >= 15 is 0 Å². The lowest BCUT2D eigenvalue weighted by Gasteiger charge is -2.03. The zero-order valence-corrected chi connectivity index (χ0v) is 7.72. The first-order chi connectivity index (χ1) is 6.09. The van der Waals surface area contributed by atoms with E-state index in [9.17, 15) is 8.78 Å². The molecule has 0 aromatic carbocycles.